The van der Waals surface area contributed by atoms with Crippen LogP contribution in [0.15, 0.2) is 55.2 Å². The highest BCUT2D eigenvalue weighted by Gasteiger charge is 2.31. The number of carbonyl (C=O) groups is 1. The summed E-state index contributed by atoms with van der Waals surface area (Å²) in [6.07, 6.45) is 9.56. The molecule has 4 heterocycles. The van der Waals surface area contributed by atoms with Gasteiger partial charge in [-0.15, -0.1) is 0 Å². The summed E-state index contributed by atoms with van der Waals surface area (Å²) in [6.45, 7) is 3.23. The number of aromatic nitrogens is 4. The van der Waals surface area contributed by atoms with Crippen LogP contribution in [-0.4, -0.2) is 63.3 Å². The average Bonchev–Trinajstić information content (AvgIpc) is 3.45. The Morgan fingerprint density at radius 3 is 2.49 bits per heavy atom. The minimum Gasteiger partial charge on any atom is -0.306 e. The number of aryl methyl sites for hydroxylation is 2. The van der Waals surface area contributed by atoms with Crippen LogP contribution < -0.4 is 5.32 Å². The predicted octanol–water partition coefficient (Wildman–Crippen LogP) is 3.27. The topological polar surface area (TPSA) is 102 Å². The molecule has 0 bridgehead atoms. The number of rotatable bonds is 5. The number of hydrogen-bond acceptors (Lipinski definition) is 6. The molecular formula is C25H28N6O3S. The molecule has 1 aliphatic heterocycles. The number of piperidine rings is 1. The molecule has 0 atom stereocenters. The molecule has 1 amide bonds. The fourth-order valence-electron chi connectivity index (χ4n) is 4.51. The SMILES string of the molecule is Cc1cn(S(=O)(=O)C2CCN(C)CC2)cc1C(=O)Nc1cc2cc(-c3cnn(C)c3)ccc2cn1. The molecule has 0 saturated carbocycles. The van der Waals surface area contributed by atoms with Crippen molar-refractivity contribution < 1.29 is 13.2 Å². The third-order valence-corrected chi connectivity index (χ3v) is 8.74. The number of anilines is 1. The Morgan fingerprint density at radius 2 is 1.77 bits per heavy atom. The van der Waals surface area contributed by atoms with E-state index in [1.807, 2.05) is 44.6 Å². The first kappa shape index (κ1) is 23.3. The van der Waals surface area contributed by atoms with E-state index in [1.165, 1.54) is 16.4 Å². The molecule has 9 nitrogen and oxygen atoms in total. The van der Waals surface area contributed by atoms with Gasteiger partial charge in [0.15, 0.2) is 0 Å². The van der Waals surface area contributed by atoms with Crippen LogP contribution in [-0.2, 0) is 17.1 Å². The lowest BCUT2D eigenvalue weighted by Gasteiger charge is -2.28. The van der Waals surface area contributed by atoms with Gasteiger partial charge in [-0.3, -0.25) is 13.4 Å². The summed E-state index contributed by atoms with van der Waals surface area (Å²) in [4.78, 5) is 19.5. The third kappa shape index (κ3) is 4.59. The van der Waals surface area contributed by atoms with Crippen molar-refractivity contribution in [3.63, 3.8) is 0 Å². The molecule has 1 saturated heterocycles. The van der Waals surface area contributed by atoms with Crippen LogP contribution in [0.25, 0.3) is 21.9 Å². The molecule has 35 heavy (non-hydrogen) atoms. The summed E-state index contributed by atoms with van der Waals surface area (Å²) in [5.74, 6) is 0.00579. The van der Waals surface area contributed by atoms with Gasteiger partial charge in [0.05, 0.1) is 17.0 Å². The highest BCUT2D eigenvalue weighted by Crippen LogP contribution is 2.26. The van der Waals surface area contributed by atoms with Gasteiger partial charge in [-0.2, -0.15) is 5.10 Å². The number of likely N-dealkylation sites (tertiary alicyclic amines) is 1. The van der Waals surface area contributed by atoms with Gasteiger partial charge in [0, 0.05) is 42.8 Å². The summed E-state index contributed by atoms with van der Waals surface area (Å²) in [6, 6.07) is 7.83. The highest BCUT2D eigenvalue weighted by atomic mass is 32.2. The molecule has 1 N–H and O–H groups in total. The Bertz CT molecular complexity index is 1510. The van der Waals surface area contributed by atoms with E-state index in [0.717, 1.165) is 35.0 Å². The molecule has 0 radical (unpaired) electrons. The second kappa shape index (κ2) is 8.94. The maximum Gasteiger partial charge on any atom is 0.258 e. The van der Waals surface area contributed by atoms with Crippen molar-refractivity contribution >= 4 is 32.5 Å². The zero-order chi connectivity index (χ0) is 24.7. The molecule has 0 spiro atoms. The van der Waals surface area contributed by atoms with Gasteiger partial charge >= 0.3 is 0 Å². The van der Waals surface area contributed by atoms with E-state index >= 15 is 0 Å². The summed E-state index contributed by atoms with van der Waals surface area (Å²) < 4.78 is 29.2. The lowest BCUT2D eigenvalue weighted by atomic mass is 10.1. The number of hydrogen-bond donors (Lipinski definition) is 1. The van der Waals surface area contributed by atoms with Gasteiger partial charge < -0.3 is 10.2 Å². The first-order valence-electron chi connectivity index (χ1n) is 11.5. The van der Waals surface area contributed by atoms with E-state index < -0.39 is 21.2 Å². The molecule has 4 aromatic rings. The quantitative estimate of drug-likeness (QED) is 0.459. The van der Waals surface area contributed by atoms with E-state index in [-0.39, 0.29) is 0 Å². The van der Waals surface area contributed by atoms with Crippen molar-refractivity contribution in [3.05, 3.63) is 66.4 Å². The largest absolute Gasteiger partial charge is 0.306 e. The summed E-state index contributed by atoms with van der Waals surface area (Å²) in [7, 11) is 0.299. The van der Waals surface area contributed by atoms with Crippen LogP contribution >= 0.6 is 0 Å². The third-order valence-electron chi connectivity index (χ3n) is 6.63. The van der Waals surface area contributed by atoms with Gasteiger partial charge in [0.25, 0.3) is 5.91 Å². The Labute approximate surface area is 204 Å². The molecule has 10 heteroatoms. The second-order valence-corrected chi connectivity index (χ2v) is 11.3. The van der Waals surface area contributed by atoms with Crippen LogP contribution in [0.3, 0.4) is 0 Å². The van der Waals surface area contributed by atoms with Crippen molar-refractivity contribution in [3.8, 4) is 11.1 Å². The molecule has 1 aliphatic rings. The zero-order valence-corrected chi connectivity index (χ0v) is 20.8. The first-order chi connectivity index (χ1) is 16.7. The monoisotopic (exact) mass is 492 g/mol. The fraction of sp³-hybridized carbons (Fsp3) is 0.320. The van der Waals surface area contributed by atoms with Crippen molar-refractivity contribution in [1.82, 2.24) is 23.6 Å². The first-order valence-corrected chi connectivity index (χ1v) is 13.0. The van der Waals surface area contributed by atoms with Crippen molar-refractivity contribution in [1.29, 1.82) is 0 Å². The smallest absolute Gasteiger partial charge is 0.258 e. The van der Waals surface area contributed by atoms with E-state index in [4.69, 9.17) is 0 Å². The van der Waals surface area contributed by atoms with Crippen LogP contribution in [0.5, 0.6) is 0 Å². The van der Waals surface area contributed by atoms with Gasteiger partial charge in [-0.25, -0.2) is 13.4 Å². The summed E-state index contributed by atoms with van der Waals surface area (Å²) in [5.41, 5.74) is 2.92. The van der Waals surface area contributed by atoms with Gasteiger partial charge in [0.2, 0.25) is 10.0 Å². The molecule has 3 aromatic heterocycles. The van der Waals surface area contributed by atoms with Crippen molar-refractivity contribution in [2.75, 3.05) is 25.5 Å². The predicted molar refractivity (Wildman–Crippen MR) is 136 cm³/mol. The molecule has 5 rings (SSSR count). The number of amides is 1. The number of nitrogens with zero attached hydrogens (tertiary/aromatic N) is 5. The van der Waals surface area contributed by atoms with Crippen LogP contribution in [0.2, 0.25) is 0 Å². The van der Waals surface area contributed by atoms with E-state index in [1.54, 1.807) is 24.0 Å². The van der Waals surface area contributed by atoms with Gasteiger partial charge in [0.1, 0.15) is 5.82 Å². The lowest BCUT2D eigenvalue weighted by molar-refractivity contribution is 0.102. The van der Waals surface area contributed by atoms with Crippen molar-refractivity contribution in [2.24, 2.45) is 7.05 Å². The highest BCUT2D eigenvalue weighted by molar-refractivity contribution is 7.90. The molecule has 182 valence electrons. The molecule has 1 fully saturated rings. The number of pyridine rings is 1. The maximum absolute atomic E-state index is 13.1. The Kier molecular flexibility index (Phi) is 5.94. The maximum atomic E-state index is 13.1. The lowest BCUT2D eigenvalue weighted by Crippen LogP contribution is -2.39. The number of fused-ring (bicyclic) bond motifs is 1. The summed E-state index contributed by atoms with van der Waals surface area (Å²) in [5, 5.41) is 8.47. The van der Waals surface area contributed by atoms with Crippen LogP contribution in [0.4, 0.5) is 5.82 Å². The van der Waals surface area contributed by atoms with Crippen LogP contribution in [0.1, 0.15) is 28.8 Å². The number of carbonyl (C=O) groups excluding carboxylic acids is 1. The second-order valence-electron chi connectivity index (χ2n) is 9.22. The minimum absolute atomic E-state index is 0.313. The van der Waals surface area contributed by atoms with Crippen LogP contribution in [0, 0.1) is 6.92 Å². The zero-order valence-electron chi connectivity index (χ0n) is 20.0. The minimum atomic E-state index is -3.56. The number of nitrogens with one attached hydrogen (secondary N) is 1. The normalized spacial score (nSPS) is 15.5. The molecular weight excluding hydrogens is 464 g/mol. The standard InChI is InChI=1S/C25H28N6O3S/c1-17-14-31(35(33,34)22-6-8-29(2)9-7-22)16-23(17)25(32)28-24-11-20-10-18(4-5-19(20)12-26-24)21-13-27-30(3)15-21/h4-5,10-16,22H,6-9H2,1-3H3,(H,26,28,32). The van der Waals surface area contributed by atoms with Gasteiger partial charge in [-0.05, 0) is 68.5 Å². The Balaban J connectivity index is 1.37. The molecule has 0 aliphatic carbocycles. The van der Waals surface area contributed by atoms with E-state index in [2.05, 4.69) is 20.3 Å². The Morgan fingerprint density at radius 1 is 1.00 bits per heavy atom. The number of benzene rings is 1. The molecule has 0 unspecified atom stereocenters. The molecule has 1 aromatic carbocycles. The summed E-state index contributed by atoms with van der Waals surface area (Å²) >= 11 is 0. The fourth-order valence-corrected chi connectivity index (χ4v) is 6.22. The van der Waals surface area contributed by atoms with E-state index in [0.29, 0.717) is 29.8 Å². The van der Waals surface area contributed by atoms with E-state index in [9.17, 15) is 13.2 Å². The average molecular weight is 493 g/mol. The van der Waals surface area contributed by atoms with Gasteiger partial charge in [-0.1, -0.05) is 12.1 Å². The van der Waals surface area contributed by atoms with Crippen molar-refractivity contribution in [2.45, 2.75) is 25.0 Å². The Hall–Kier alpha value is -3.50.